The first-order valence-electron chi connectivity index (χ1n) is 1.59. The van der Waals surface area contributed by atoms with Crippen LogP contribution >= 0.6 is 11.6 Å². The van der Waals surface area contributed by atoms with Crippen LogP contribution in [-0.2, 0) is 0 Å². The molecule has 24 valence electrons. The molecular weight excluding hydrogens is 78.4 g/mol. The zero-order valence-corrected chi connectivity index (χ0v) is 4.00. The van der Waals surface area contributed by atoms with Gasteiger partial charge in [0.2, 0.25) is 0 Å². The SMILES string of the molecule is [Li][CH]=CCCl. The summed E-state index contributed by atoms with van der Waals surface area (Å²) in [4.78, 5) is 0. The number of hydrogen-bond acceptors (Lipinski definition) is 0. The number of halogens is 1. The van der Waals surface area contributed by atoms with E-state index in [9.17, 15) is 0 Å². The quantitative estimate of drug-likeness (QED) is 0.326. The van der Waals surface area contributed by atoms with Crippen LogP contribution in [0.25, 0.3) is 0 Å². The van der Waals surface area contributed by atoms with Gasteiger partial charge in [0.1, 0.15) is 0 Å². The summed E-state index contributed by atoms with van der Waals surface area (Å²) in [6.45, 7) is 0. The van der Waals surface area contributed by atoms with Crippen molar-refractivity contribution in [3.8, 4) is 0 Å². The van der Waals surface area contributed by atoms with Crippen molar-refractivity contribution >= 4 is 29.3 Å². The van der Waals surface area contributed by atoms with E-state index in [1.807, 2.05) is 28.5 Å². The number of allylic oxidation sites excluding steroid dienone is 1. The molecule has 0 aromatic rings. The van der Waals surface area contributed by atoms with Gasteiger partial charge in [0.15, 0.2) is 0 Å². The predicted molar refractivity (Wildman–Crippen MR) is 25.6 cm³/mol. The topological polar surface area (TPSA) is 0 Å². The Kier molecular flexibility index (Phi) is 5.21. The number of rotatable bonds is 1. The molecule has 0 saturated heterocycles. The molecule has 2 heteroatoms. The van der Waals surface area contributed by atoms with Gasteiger partial charge in [-0.25, -0.2) is 0 Å². The monoisotopic (exact) mass is 82.0 g/mol. The molecule has 0 amide bonds. The van der Waals surface area contributed by atoms with Gasteiger partial charge in [0.25, 0.3) is 0 Å². The molecule has 0 heterocycles. The Labute approximate surface area is 46.4 Å². The maximum absolute atomic E-state index is 5.21. The molecule has 5 heavy (non-hydrogen) atoms. The standard InChI is InChI=1S/C3H4Cl.Li/c1-2-3-4;/h1-2H,3H2;. The fraction of sp³-hybridized carbons (Fsp3) is 0.333. The third-order valence-electron chi connectivity index (χ3n) is 0.325. The van der Waals surface area contributed by atoms with E-state index in [1.54, 1.807) is 0 Å². The molecule has 0 aliphatic carbocycles. The van der Waals surface area contributed by atoms with Gasteiger partial charge < -0.3 is 0 Å². The summed E-state index contributed by atoms with van der Waals surface area (Å²) < 4.78 is 1.92. The molecule has 0 fully saturated rings. The fourth-order valence-electron chi connectivity index (χ4n) is 0.0891. The molecule has 0 unspecified atom stereocenters. The molecule has 0 radical (unpaired) electrons. The van der Waals surface area contributed by atoms with Crippen molar-refractivity contribution in [3.05, 3.63) is 10.8 Å². The van der Waals surface area contributed by atoms with E-state index in [2.05, 4.69) is 0 Å². The Bertz CT molecular complexity index is 33.9. The normalized spacial score (nSPS) is 10.2. The van der Waals surface area contributed by atoms with Crippen LogP contribution in [0, 0.1) is 0 Å². The number of hydrogen-bond donors (Lipinski definition) is 0. The predicted octanol–water partition coefficient (Wildman–Crippen LogP) is 0.907. The molecule has 0 saturated carbocycles. The minimum absolute atomic E-state index is 0.635. The zero-order chi connectivity index (χ0) is 4.12. The van der Waals surface area contributed by atoms with Crippen molar-refractivity contribution in [3.63, 3.8) is 0 Å². The van der Waals surface area contributed by atoms with E-state index in [0.717, 1.165) is 0 Å². The Morgan fingerprint density at radius 3 is 2.40 bits per heavy atom. The molecule has 0 aromatic carbocycles. The molecule has 0 nitrogen and oxygen atoms in total. The van der Waals surface area contributed by atoms with Gasteiger partial charge in [-0.2, -0.15) is 0 Å². The molecule has 0 aliphatic rings. The summed E-state index contributed by atoms with van der Waals surface area (Å²) in [7, 11) is 0. The Hall–Kier alpha value is 0.627. The second kappa shape index (κ2) is 4.63. The van der Waals surface area contributed by atoms with Crippen LogP contribution in [0.2, 0.25) is 0 Å². The van der Waals surface area contributed by atoms with Crippen molar-refractivity contribution in [1.29, 1.82) is 0 Å². The summed E-state index contributed by atoms with van der Waals surface area (Å²) in [5.41, 5.74) is 0. The van der Waals surface area contributed by atoms with Crippen LogP contribution in [0.5, 0.6) is 0 Å². The van der Waals surface area contributed by atoms with Crippen molar-refractivity contribution in [2.24, 2.45) is 0 Å². The van der Waals surface area contributed by atoms with E-state index < -0.39 is 0 Å². The van der Waals surface area contributed by atoms with E-state index in [1.165, 1.54) is 0 Å². The second-order valence-corrected chi connectivity index (χ2v) is 1.03. The summed E-state index contributed by atoms with van der Waals surface area (Å²) in [6.07, 6.45) is 1.89. The average Bonchev–Trinajstić information content (AvgIpc) is 1.41. The van der Waals surface area contributed by atoms with Crippen molar-refractivity contribution in [1.82, 2.24) is 0 Å². The summed E-state index contributed by atoms with van der Waals surface area (Å²) >= 11 is 7.16. The van der Waals surface area contributed by atoms with E-state index in [-0.39, 0.29) is 0 Å². The number of alkyl halides is 1. The van der Waals surface area contributed by atoms with Crippen LogP contribution in [0.3, 0.4) is 0 Å². The van der Waals surface area contributed by atoms with Crippen LogP contribution < -0.4 is 0 Å². The maximum atomic E-state index is 5.21. The van der Waals surface area contributed by atoms with Crippen LogP contribution in [0.15, 0.2) is 10.8 Å². The average molecular weight is 82.5 g/mol. The van der Waals surface area contributed by atoms with E-state index in [0.29, 0.717) is 5.88 Å². The van der Waals surface area contributed by atoms with Gasteiger partial charge in [0, 0.05) is 0 Å². The molecule has 0 atom stereocenters. The first-order valence-corrected chi connectivity index (χ1v) is 2.12. The molecule has 0 rings (SSSR count). The summed E-state index contributed by atoms with van der Waals surface area (Å²) in [5, 5.41) is 0. The van der Waals surface area contributed by atoms with Gasteiger partial charge in [-0.05, 0) is 0 Å². The second-order valence-electron chi connectivity index (χ2n) is 0.723. The van der Waals surface area contributed by atoms with Gasteiger partial charge in [-0.15, -0.1) is 0 Å². The Morgan fingerprint density at radius 2 is 2.40 bits per heavy atom. The minimum atomic E-state index is 0.635. The molecule has 0 bridgehead atoms. The molecule has 0 N–H and O–H groups in total. The van der Waals surface area contributed by atoms with Gasteiger partial charge >= 0.3 is 46.0 Å². The van der Waals surface area contributed by atoms with Crippen LogP contribution in [0.4, 0.5) is 0 Å². The summed E-state index contributed by atoms with van der Waals surface area (Å²) in [5.74, 6) is 0.635. The molecular formula is C3H4ClLi. The fourth-order valence-corrected chi connectivity index (χ4v) is 0.267. The molecule has 0 aromatic heterocycles. The Morgan fingerprint density at radius 1 is 1.80 bits per heavy atom. The molecule has 0 aliphatic heterocycles. The first-order chi connectivity index (χ1) is 2.41. The van der Waals surface area contributed by atoms with Crippen LogP contribution in [0.1, 0.15) is 0 Å². The molecule has 0 spiro atoms. The van der Waals surface area contributed by atoms with Gasteiger partial charge in [0.05, 0.1) is 0 Å². The summed E-state index contributed by atoms with van der Waals surface area (Å²) in [6, 6.07) is 0. The van der Waals surface area contributed by atoms with E-state index >= 15 is 0 Å². The van der Waals surface area contributed by atoms with Gasteiger partial charge in [-0.1, -0.05) is 0 Å². The third-order valence-corrected chi connectivity index (χ3v) is 0.503. The van der Waals surface area contributed by atoms with Crippen molar-refractivity contribution < 1.29 is 0 Å². The zero-order valence-electron chi connectivity index (χ0n) is 3.24. The van der Waals surface area contributed by atoms with E-state index in [4.69, 9.17) is 11.6 Å². The third kappa shape index (κ3) is 4.63. The van der Waals surface area contributed by atoms with Crippen LogP contribution in [-0.4, -0.2) is 23.6 Å². The van der Waals surface area contributed by atoms with Crippen molar-refractivity contribution in [2.45, 2.75) is 0 Å². The first kappa shape index (κ1) is 5.63. The van der Waals surface area contributed by atoms with Gasteiger partial charge in [-0.3, -0.25) is 0 Å². The van der Waals surface area contributed by atoms with Crippen molar-refractivity contribution in [2.75, 3.05) is 5.88 Å². The Balaban J connectivity index is 2.62.